The van der Waals surface area contributed by atoms with Crippen molar-refractivity contribution in [2.75, 3.05) is 5.01 Å². The standard InChI is InChI=1S/C30H29N3O5S/c1-22-18-20-27(21-19-22)39(37,38)32-23(2)28(34)33(26-16-10-5-11-17-26)31-29(35)30(36,24-12-6-3-7-13-24)25-14-8-4-9-15-25/h3-21,23,32,36H,1-2H3,(H,31,35). The van der Waals surface area contributed by atoms with Crippen molar-refractivity contribution in [1.82, 2.24) is 10.1 Å². The number of amides is 2. The van der Waals surface area contributed by atoms with Crippen LogP contribution in [0.15, 0.2) is 120 Å². The summed E-state index contributed by atoms with van der Waals surface area (Å²) < 4.78 is 28.3. The Morgan fingerprint density at radius 1 is 0.769 bits per heavy atom. The molecule has 2 amide bonds. The number of carbonyl (C=O) groups is 2. The molecule has 0 aliphatic rings. The smallest absolute Gasteiger partial charge is 0.280 e. The number of sulfonamides is 1. The molecule has 0 bridgehead atoms. The van der Waals surface area contributed by atoms with Crippen molar-refractivity contribution in [3.8, 4) is 0 Å². The summed E-state index contributed by atoms with van der Waals surface area (Å²) in [5.74, 6) is -1.65. The first-order valence-electron chi connectivity index (χ1n) is 12.3. The molecule has 0 fully saturated rings. The van der Waals surface area contributed by atoms with Crippen molar-refractivity contribution in [2.45, 2.75) is 30.4 Å². The molecule has 0 aromatic heterocycles. The molecular weight excluding hydrogens is 514 g/mol. The highest BCUT2D eigenvalue weighted by Crippen LogP contribution is 2.30. The van der Waals surface area contributed by atoms with Crippen molar-refractivity contribution in [3.63, 3.8) is 0 Å². The molecule has 39 heavy (non-hydrogen) atoms. The van der Waals surface area contributed by atoms with Crippen molar-refractivity contribution >= 4 is 27.5 Å². The average molecular weight is 544 g/mol. The number of carbonyl (C=O) groups excluding carboxylic acids is 2. The Morgan fingerprint density at radius 2 is 1.23 bits per heavy atom. The van der Waals surface area contributed by atoms with Gasteiger partial charge in [0.1, 0.15) is 6.04 Å². The number of nitrogens with one attached hydrogen (secondary N) is 2. The lowest BCUT2D eigenvalue weighted by molar-refractivity contribution is -0.138. The van der Waals surface area contributed by atoms with E-state index in [1.807, 2.05) is 6.92 Å². The molecular formula is C30H29N3O5S. The van der Waals surface area contributed by atoms with E-state index in [0.717, 1.165) is 10.6 Å². The molecule has 4 rings (SSSR count). The summed E-state index contributed by atoms with van der Waals surface area (Å²) in [7, 11) is -4.04. The first-order chi connectivity index (χ1) is 18.6. The lowest BCUT2D eigenvalue weighted by Gasteiger charge is -2.33. The molecule has 0 saturated carbocycles. The van der Waals surface area contributed by atoms with Gasteiger partial charge in [-0.25, -0.2) is 13.4 Å². The molecule has 8 nitrogen and oxygen atoms in total. The number of aliphatic hydroxyl groups is 1. The van der Waals surface area contributed by atoms with Crippen LogP contribution in [0.3, 0.4) is 0 Å². The van der Waals surface area contributed by atoms with Crippen LogP contribution in [-0.4, -0.2) is 31.4 Å². The van der Waals surface area contributed by atoms with Crippen LogP contribution in [0.2, 0.25) is 0 Å². The fourth-order valence-electron chi connectivity index (χ4n) is 4.06. The number of nitrogens with zero attached hydrogens (tertiary/aromatic N) is 1. The second kappa shape index (κ2) is 11.6. The molecule has 3 N–H and O–H groups in total. The van der Waals surface area contributed by atoms with Gasteiger partial charge in [0, 0.05) is 0 Å². The molecule has 0 spiro atoms. The summed E-state index contributed by atoms with van der Waals surface area (Å²) in [5, 5.41) is 12.8. The van der Waals surface area contributed by atoms with Gasteiger partial charge in [0.25, 0.3) is 11.8 Å². The van der Waals surface area contributed by atoms with Gasteiger partial charge in [-0.2, -0.15) is 4.72 Å². The largest absolute Gasteiger partial charge is 0.372 e. The zero-order chi connectivity index (χ0) is 28.0. The normalized spacial score (nSPS) is 12.4. The molecule has 4 aromatic rings. The monoisotopic (exact) mass is 543 g/mol. The summed E-state index contributed by atoms with van der Waals surface area (Å²) in [5.41, 5.74) is 2.15. The number of hydrogen-bond donors (Lipinski definition) is 3. The number of anilines is 1. The Hall–Kier alpha value is -4.31. The molecule has 200 valence electrons. The lowest BCUT2D eigenvalue weighted by Crippen LogP contribution is -2.58. The predicted octanol–water partition coefficient (Wildman–Crippen LogP) is 3.66. The fourth-order valence-corrected chi connectivity index (χ4v) is 5.25. The summed E-state index contributed by atoms with van der Waals surface area (Å²) >= 11 is 0. The lowest BCUT2D eigenvalue weighted by atomic mass is 9.85. The highest BCUT2D eigenvalue weighted by molar-refractivity contribution is 7.89. The van der Waals surface area contributed by atoms with Crippen LogP contribution >= 0.6 is 0 Å². The second-order valence-corrected chi connectivity index (χ2v) is 10.8. The molecule has 0 heterocycles. The van der Waals surface area contributed by atoms with E-state index in [0.29, 0.717) is 11.1 Å². The predicted molar refractivity (Wildman–Crippen MR) is 149 cm³/mol. The Bertz CT molecular complexity index is 1490. The maximum Gasteiger partial charge on any atom is 0.280 e. The Morgan fingerprint density at radius 3 is 1.72 bits per heavy atom. The van der Waals surface area contributed by atoms with E-state index in [9.17, 15) is 23.1 Å². The van der Waals surface area contributed by atoms with Gasteiger partial charge < -0.3 is 5.11 Å². The van der Waals surface area contributed by atoms with Crippen LogP contribution in [0.25, 0.3) is 0 Å². The minimum Gasteiger partial charge on any atom is -0.372 e. The summed E-state index contributed by atoms with van der Waals surface area (Å²) in [6, 6.07) is 29.9. The summed E-state index contributed by atoms with van der Waals surface area (Å²) in [6.45, 7) is 3.22. The van der Waals surface area contributed by atoms with E-state index in [1.165, 1.54) is 19.1 Å². The second-order valence-electron chi connectivity index (χ2n) is 9.05. The Balaban J connectivity index is 1.68. The number of para-hydroxylation sites is 1. The van der Waals surface area contributed by atoms with E-state index in [4.69, 9.17) is 0 Å². The molecule has 9 heteroatoms. The van der Waals surface area contributed by atoms with Gasteiger partial charge in [0.05, 0.1) is 10.6 Å². The van der Waals surface area contributed by atoms with Gasteiger partial charge in [-0.05, 0) is 49.2 Å². The molecule has 1 unspecified atom stereocenters. The Kier molecular flexibility index (Phi) is 8.25. The summed E-state index contributed by atoms with van der Waals surface area (Å²) in [6.07, 6.45) is 0. The number of benzene rings is 4. The highest BCUT2D eigenvalue weighted by Gasteiger charge is 2.42. The Labute approximate surface area is 228 Å². The summed E-state index contributed by atoms with van der Waals surface area (Å²) in [4.78, 5) is 27.5. The van der Waals surface area contributed by atoms with E-state index >= 15 is 0 Å². The quantitative estimate of drug-likeness (QED) is 0.294. The number of aryl methyl sites for hydroxylation is 1. The third-order valence-corrected chi connectivity index (χ3v) is 7.75. The average Bonchev–Trinajstić information content (AvgIpc) is 2.96. The van der Waals surface area contributed by atoms with Crippen LogP contribution in [0.1, 0.15) is 23.6 Å². The fraction of sp³-hybridized carbons (Fsp3) is 0.133. The van der Waals surface area contributed by atoms with Crippen LogP contribution in [0.5, 0.6) is 0 Å². The van der Waals surface area contributed by atoms with Gasteiger partial charge in [-0.15, -0.1) is 0 Å². The van der Waals surface area contributed by atoms with Crippen molar-refractivity contribution < 1.29 is 23.1 Å². The maximum absolute atomic E-state index is 13.8. The van der Waals surface area contributed by atoms with Gasteiger partial charge >= 0.3 is 0 Å². The third kappa shape index (κ3) is 6.06. The van der Waals surface area contributed by atoms with E-state index in [2.05, 4.69) is 10.1 Å². The van der Waals surface area contributed by atoms with Crippen molar-refractivity contribution in [2.24, 2.45) is 0 Å². The number of hydrogen-bond acceptors (Lipinski definition) is 5. The SMILES string of the molecule is Cc1ccc(S(=O)(=O)NC(C)C(=O)N(NC(=O)C(O)(c2ccccc2)c2ccccc2)c2ccccc2)cc1. The molecule has 0 aliphatic heterocycles. The van der Waals surface area contributed by atoms with Crippen LogP contribution in [-0.2, 0) is 25.2 Å². The minimum absolute atomic E-state index is 0.00516. The molecule has 0 radical (unpaired) electrons. The maximum atomic E-state index is 13.8. The van der Waals surface area contributed by atoms with Gasteiger partial charge in [0.15, 0.2) is 5.60 Å². The first-order valence-corrected chi connectivity index (χ1v) is 13.7. The van der Waals surface area contributed by atoms with Crippen LogP contribution < -0.4 is 15.2 Å². The minimum atomic E-state index is -4.04. The topological polar surface area (TPSA) is 116 Å². The molecule has 1 atom stereocenters. The van der Waals surface area contributed by atoms with Crippen LogP contribution in [0, 0.1) is 6.92 Å². The van der Waals surface area contributed by atoms with E-state index in [-0.39, 0.29) is 10.6 Å². The molecule has 4 aromatic carbocycles. The van der Waals surface area contributed by atoms with E-state index < -0.39 is 33.5 Å². The zero-order valence-corrected chi connectivity index (χ0v) is 22.3. The van der Waals surface area contributed by atoms with E-state index in [1.54, 1.807) is 103 Å². The number of rotatable bonds is 8. The zero-order valence-electron chi connectivity index (χ0n) is 21.5. The van der Waals surface area contributed by atoms with Gasteiger partial charge in [-0.1, -0.05) is 96.6 Å². The third-order valence-electron chi connectivity index (χ3n) is 6.19. The number of hydrazine groups is 1. The molecule has 0 aliphatic carbocycles. The van der Waals surface area contributed by atoms with Crippen molar-refractivity contribution in [1.29, 1.82) is 0 Å². The van der Waals surface area contributed by atoms with Gasteiger partial charge in [-0.3, -0.25) is 15.0 Å². The van der Waals surface area contributed by atoms with Crippen molar-refractivity contribution in [3.05, 3.63) is 132 Å². The highest BCUT2D eigenvalue weighted by atomic mass is 32.2. The molecule has 0 saturated heterocycles. The first kappa shape index (κ1) is 27.7. The van der Waals surface area contributed by atoms with Crippen LogP contribution in [0.4, 0.5) is 5.69 Å². The van der Waals surface area contributed by atoms with Gasteiger partial charge in [0.2, 0.25) is 10.0 Å².